The normalized spacial score (nSPS) is 14.8. The van der Waals surface area contributed by atoms with Gasteiger partial charge in [-0.1, -0.05) is 0 Å². The van der Waals surface area contributed by atoms with Crippen LogP contribution in [0.1, 0.15) is 11.3 Å². The topological polar surface area (TPSA) is 28.7 Å². The lowest BCUT2D eigenvalue weighted by Gasteiger charge is -2.10. The highest BCUT2D eigenvalue weighted by Gasteiger charge is 2.17. The molecule has 0 saturated carbocycles. The number of hydrogen-bond acceptors (Lipinski definition) is 2. The Morgan fingerprint density at radius 1 is 1.25 bits per heavy atom. The van der Waals surface area contributed by atoms with Crippen molar-refractivity contribution in [1.29, 1.82) is 0 Å². The molecule has 1 aromatic heterocycles. The lowest BCUT2D eigenvalue weighted by Crippen LogP contribution is -2.00. The van der Waals surface area contributed by atoms with Crippen LogP contribution in [0.3, 0.4) is 0 Å². The summed E-state index contributed by atoms with van der Waals surface area (Å²) >= 11 is 1.92. The number of rotatable bonds is 1. The van der Waals surface area contributed by atoms with E-state index in [4.69, 9.17) is 0 Å². The molecule has 16 heavy (non-hydrogen) atoms. The van der Waals surface area contributed by atoms with E-state index in [-0.39, 0.29) is 5.82 Å². The molecule has 2 aromatic rings. The maximum Gasteiger partial charge on any atom is 0.123 e. The van der Waals surface area contributed by atoms with Crippen LogP contribution >= 0.6 is 11.8 Å². The summed E-state index contributed by atoms with van der Waals surface area (Å²) in [5, 5.41) is 7.42. The highest BCUT2D eigenvalue weighted by Crippen LogP contribution is 2.31. The van der Waals surface area contributed by atoms with E-state index in [2.05, 4.69) is 10.2 Å². The molecule has 0 unspecified atom stereocenters. The number of hydrogen-bond donors (Lipinski definition) is 1. The van der Waals surface area contributed by atoms with E-state index >= 15 is 0 Å². The third kappa shape index (κ3) is 1.63. The van der Waals surface area contributed by atoms with Gasteiger partial charge in [0.1, 0.15) is 5.82 Å². The van der Waals surface area contributed by atoms with Gasteiger partial charge in [-0.05, 0) is 36.4 Å². The number of nitrogens with one attached hydrogen (secondary N) is 1. The van der Waals surface area contributed by atoms with E-state index < -0.39 is 0 Å². The van der Waals surface area contributed by atoms with E-state index in [1.54, 1.807) is 12.1 Å². The largest absolute Gasteiger partial charge is 0.282 e. The number of aromatic nitrogens is 2. The first-order chi connectivity index (χ1) is 7.84. The van der Waals surface area contributed by atoms with Crippen LogP contribution in [0.2, 0.25) is 0 Å². The average Bonchev–Trinajstić information content (AvgIpc) is 2.74. The molecule has 1 aliphatic heterocycles. The lowest BCUT2D eigenvalue weighted by molar-refractivity contribution is 0.628. The van der Waals surface area contributed by atoms with Gasteiger partial charge in [0.25, 0.3) is 0 Å². The van der Waals surface area contributed by atoms with Crippen LogP contribution in [0.4, 0.5) is 4.39 Å². The Balaban J connectivity index is 2.06. The van der Waals surface area contributed by atoms with Gasteiger partial charge in [-0.15, -0.1) is 0 Å². The molecular formula is C12H11FN2S. The maximum absolute atomic E-state index is 12.8. The summed E-state index contributed by atoms with van der Waals surface area (Å²) in [6.07, 6.45) is 1.05. The fraction of sp³-hybridized carbons (Fsp3) is 0.250. The van der Waals surface area contributed by atoms with Crippen molar-refractivity contribution >= 4 is 11.8 Å². The van der Waals surface area contributed by atoms with Gasteiger partial charge in [0.15, 0.2) is 0 Å². The van der Waals surface area contributed by atoms with Crippen molar-refractivity contribution in [3.05, 3.63) is 41.3 Å². The summed E-state index contributed by atoms with van der Waals surface area (Å²) in [4.78, 5) is 0. The fourth-order valence-electron chi connectivity index (χ4n) is 1.96. The molecule has 0 amide bonds. The van der Waals surface area contributed by atoms with Crippen LogP contribution in [-0.2, 0) is 12.2 Å². The zero-order valence-electron chi connectivity index (χ0n) is 8.66. The van der Waals surface area contributed by atoms with Gasteiger partial charge in [-0.3, -0.25) is 5.10 Å². The summed E-state index contributed by atoms with van der Waals surface area (Å²) < 4.78 is 12.8. The smallest absolute Gasteiger partial charge is 0.123 e. The number of benzene rings is 1. The predicted octanol–water partition coefficient (Wildman–Crippen LogP) is 3.01. The molecule has 4 heteroatoms. The molecule has 0 aliphatic carbocycles. The van der Waals surface area contributed by atoms with Crippen molar-refractivity contribution in [1.82, 2.24) is 10.2 Å². The number of halogens is 1. The minimum atomic E-state index is -0.206. The monoisotopic (exact) mass is 234 g/mol. The van der Waals surface area contributed by atoms with E-state index in [1.807, 2.05) is 11.8 Å². The second-order valence-corrected chi connectivity index (χ2v) is 4.94. The summed E-state index contributed by atoms with van der Waals surface area (Å²) in [6.45, 7) is 0. The first kappa shape index (κ1) is 9.90. The number of nitrogens with zero attached hydrogens (tertiary/aromatic N) is 1. The molecule has 1 N–H and O–H groups in total. The molecule has 0 bridgehead atoms. The number of fused-ring (bicyclic) bond motifs is 1. The van der Waals surface area contributed by atoms with Crippen LogP contribution in [0.15, 0.2) is 24.3 Å². The molecule has 0 radical (unpaired) electrons. The third-order valence-electron chi connectivity index (χ3n) is 2.81. The SMILES string of the molecule is Fc1ccc(-c2n[nH]c3c2CSCC3)cc1. The second kappa shape index (κ2) is 3.94. The van der Waals surface area contributed by atoms with Crippen LogP contribution in [-0.4, -0.2) is 16.0 Å². The Kier molecular flexibility index (Phi) is 2.44. The molecule has 2 heterocycles. The molecule has 1 aliphatic rings. The van der Waals surface area contributed by atoms with Crippen molar-refractivity contribution in [2.24, 2.45) is 0 Å². The van der Waals surface area contributed by atoms with Crippen molar-refractivity contribution in [3.63, 3.8) is 0 Å². The van der Waals surface area contributed by atoms with Crippen molar-refractivity contribution in [3.8, 4) is 11.3 Å². The summed E-state index contributed by atoms with van der Waals surface area (Å²) in [5.41, 5.74) is 4.48. The summed E-state index contributed by atoms with van der Waals surface area (Å²) in [6, 6.07) is 6.52. The van der Waals surface area contributed by atoms with Gasteiger partial charge in [0, 0.05) is 22.6 Å². The zero-order valence-corrected chi connectivity index (χ0v) is 9.48. The molecule has 0 saturated heterocycles. The Morgan fingerprint density at radius 3 is 2.88 bits per heavy atom. The minimum absolute atomic E-state index is 0.206. The van der Waals surface area contributed by atoms with Crippen LogP contribution in [0.25, 0.3) is 11.3 Å². The Hall–Kier alpha value is -1.29. The van der Waals surface area contributed by atoms with Gasteiger partial charge in [0.05, 0.1) is 5.69 Å². The van der Waals surface area contributed by atoms with Crippen molar-refractivity contribution < 1.29 is 4.39 Å². The van der Waals surface area contributed by atoms with Crippen LogP contribution in [0, 0.1) is 5.82 Å². The molecule has 3 rings (SSSR count). The van der Waals surface area contributed by atoms with Gasteiger partial charge < -0.3 is 0 Å². The first-order valence-electron chi connectivity index (χ1n) is 5.24. The Bertz CT molecular complexity index is 504. The van der Waals surface area contributed by atoms with Gasteiger partial charge in [0.2, 0.25) is 0 Å². The van der Waals surface area contributed by atoms with Crippen LogP contribution in [0.5, 0.6) is 0 Å². The van der Waals surface area contributed by atoms with Gasteiger partial charge >= 0.3 is 0 Å². The molecular weight excluding hydrogens is 223 g/mol. The molecule has 1 aromatic carbocycles. The number of H-pyrrole nitrogens is 1. The summed E-state index contributed by atoms with van der Waals surface area (Å²) in [5.74, 6) is 1.94. The minimum Gasteiger partial charge on any atom is -0.282 e. The number of aryl methyl sites for hydroxylation is 1. The molecule has 2 nitrogen and oxygen atoms in total. The average molecular weight is 234 g/mol. The first-order valence-corrected chi connectivity index (χ1v) is 6.40. The zero-order chi connectivity index (χ0) is 11.0. The molecule has 82 valence electrons. The van der Waals surface area contributed by atoms with E-state index in [0.29, 0.717) is 0 Å². The van der Waals surface area contributed by atoms with Crippen molar-refractivity contribution in [2.45, 2.75) is 12.2 Å². The standard InChI is InChI=1S/C12H11FN2S/c13-9-3-1-8(2-4-9)12-10-7-16-6-5-11(10)14-15-12/h1-4H,5-7H2,(H,14,15). The van der Waals surface area contributed by atoms with E-state index in [0.717, 1.165) is 29.2 Å². The maximum atomic E-state index is 12.8. The molecule has 0 fully saturated rings. The quantitative estimate of drug-likeness (QED) is 0.821. The number of aromatic amines is 1. The summed E-state index contributed by atoms with van der Waals surface area (Å²) in [7, 11) is 0. The van der Waals surface area contributed by atoms with E-state index in [1.165, 1.54) is 23.4 Å². The van der Waals surface area contributed by atoms with Crippen molar-refractivity contribution in [2.75, 3.05) is 5.75 Å². The number of thioether (sulfide) groups is 1. The molecule has 0 atom stereocenters. The molecule has 0 spiro atoms. The van der Waals surface area contributed by atoms with Gasteiger partial charge in [-0.2, -0.15) is 16.9 Å². The Labute approximate surface area is 97.3 Å². The highest BCUT2D eigenvalue weighted by molar-refractivity contribution is 7.98. The highest BCUT2D eigenvalue weighted by atomic mass is 32.2. The third-order valence-corrected chi connectivity index (χ3v) is 3.80. The Morgan fingerprint density at radius 2 is 2.06 bits per heavy atom. The van der Waals surface area contributed by atoms with Crippen LogP contribution < -0.4 is 0 Å². The van der Waals surface area contributed by atoms with E-state index in [9.17, 15) is 4.39 Å². The lowest BCUT2D eigenvalue weighted by atomic mass is 10.1. The van der Waals surface area contributed by atoms with Gasteiger partial charge in [-0.25, -0.2) is 4.39 Å². The predicted molar refractivity (Wildman–Crippen MR) is 63.8 cm³/mol. The second-order valence-electron chi connectivity index (χ2n) is 3.84. The fourth-order valence-corrected chi connectivity index (χ4v) is 2.97.